The molecule has 0 saturated heterocycles. The Morgan fingerprint density at radius 1 is 1.28 bits per heavy atom. The lowest BCUT2D eigenvalue weighted by atomic mass is 10.0. The van der Waals surface area contributed by atoms with Gasteiger partial charge in [-0.2, -0.15) is 0 Å². The minimum absolute atomic E-state index is 0.0652. The molecule has 0 spiro atoms. The van der Waals surface area contributed by atoms with E-state index in [1.807, 2.05) is 31.2 Å². The monoisotopic (exact) mass is 261 g/mol. The van der Waals surface area contributed by atoms with E-state index in [2.05, 4.69) is 12.1 Å². The zero-order chi connectivity index (χ0) is 13.0. The molecule has 18 heavy (non-hydrogen) atoms. The van der Waals surface area contributed by atoms with Crippen LogP contribution in [0.5, 0.6) is 5.75 Å². The molecule has 94 valence electrons. The maximum atomic E-state index is 5.99. The standard InChI is InChI=1S/C15H16ClNO/c1-11(17)13-8-7-12-5-2-3-6-14(12)15(13)18-10-4-9-16/h2-9,11H,10,17H2,1H3/b9-4+. The van der Waals surface area contributed by atoms with Gasteiger partial charge in [0.2, 0.25) is 0 Å². The van der Waals surface area contributed by atoms with Gasteiger partial charge in [0, 0.05) is 22.5 Å². The lowest BCUT2D eigenvalue weighted by molar-refractivity contribution is 0.361. The second-order valence-electron chi connectivity index (χ2n) is 4.17. The van der Waals surface area contributed by atoms with Crippen LogP contribution in [0.2, 0.25) is 0 Å². The first-order valence-corrected chi connectivity index (χ1v) is 6.33. The first kappa shape index (κ1) is 12.9. The Balaban J connectivity index is 2.51. The molecule has 0 aliphatic heterocycles. The first-order chi connectivity index (χ1) is 8.74. The fourth-order valence-electron chi connectivity index (χ4n) is 1.95. The summed E-state index contributed by atoms with van der Waals surface area (Å²) in [4.78, 5) is 0. The predicted octanol–water partition coefficient (Wildman–Crippen LogP) is 3.99. The Hall–Kier alpha value is -1.51. The molecule has 0 bridgehead atoms. The number of fused-ring (bicyclic) bond motifs is 1. The molecule has 0 saturated carbocycles. The summed E-state index contributed by atoms with van der Waals surface area (Å²) in [5, 5.41) is 2.22. The molecule has 1 unspecified atom stereocenters. The summed E-state index contributed by atoms with van der Waals surface area (Å²) in [7, 11) is 0. The summed E-state index contributed by atoms with van der Waals surface area (Å²) in [6.07, 6.45) is 1.76. The molecule has 2 N–H and O–H groups in total. The van der Waals surface area contributed by atoms with Crippen LogP contribution in [0.4, 0.5) is 0 Å². The van der Waals surface area contributed by atoms with Crippen molar-refractivity contribution in [2.75, 3.05) is 6.61 Å². The molecule has 0 heterocycles. The lowest BCUT2D eigenvalue weighted by Crippen LogP contribution is -2.08. The Labute approximate surface area is 112 Å². The molecule has 0 aromatic heterocycles. The first-order valence-electron chi connectivity index (χ1n) is 5.89. The molecular weight excluding hydrogens is 246 g/mol. The van der Waals surface area contributed by atoms with E-state index in [1.165, 1.54) is 5.54 Å². The SMILES string of the molecule is CC(N)c1ccc2ccccc2c1OC/C=C/Cl. The summed E-state index contributed by atoms with van der Waals surface area (Å²) in [5.74, 6) is 0.845. The van der Waals surface area contributed by atoms with E-state index in [9.17, 15) is 0 Å². The van der Waals surface area contributed by atoms with Crippen LogP contribution < -0.4 is 10.5 Å². The van der Waals surface area contributed by atoms with Gasteiger partial charge in [0.1, 0.15) is 12.4 Å². The predicted molar refractivity (Wildman–Crippen MR) is 77.0 cm³/mol. The number of hydrogen-bond donors (Lipinski definition) is 1. The molecule has 0 fully saturated rings. The highest BCUT2D eigenvalue weighted by atomic mass is 35.5. The van der Waals surface area contributed by atoms with Crippen molar-refractivity contribution in [3.8, 4) is 5.75 Å². The fraction of sp³-hybridized carbons (Fsp3) is 0.200. The van der Waals surface area contributed by atoms with E-state index in [0.29, 0.717) is 6.61 Å². The zero-order valence-corrected chi connectivity index (χ0v) is 11.0. The van der Waals surface area contributed by atoms with Crippen molar-refractivity contribution in [1.29, 1.82) is 0 Å². The van der Waals surface area contributed by atoms with E-state index in [1.54, 1.807) is 6.08 Å². The number of benzene rings is 2. The van der Waals surface area contributed by atoms with Gasteiger partial charge in [0.15, 0.2) is 0 Å². The largest absolute Gasteiger partial charge is 0.488 e. The second kappa shape index (κ2) is 5.89. The summed E-state index contributed by atoms with van der Waals surface area (Å²) in [6.45, 7) is 2.39. The lowest BCUT2D eigenvalue weighted by Gasteiger charge is -2.15. The average molecular weight is 262 g/mol. The average Bonchev–Trinajstić information content (AvgIpc) is 2.38. The highest BCUT2D eigenvalue weighted by molar-refractivity contribution is 6.25. The van der Waals surface area contributed by atoms with Crippen LogP contribution in [0, 0.1) is 0 Å². The van der Waals surface area contributed by atoms with Crippen molar-refractivity contribution in [2.45, 2.75) is 13.0 Å². The van der Waals surface area contributed by atoms with Crippen molar-refractivity contribution in [2.24, 2.45) is 5.73 Å². The maximum absolute atomic E-state index is 5.99. The Morgan fingerprint density at radius 3 is 2.78 bits per heavy atom. The van der Waals surface area contributed by atoms with Gasteiger partial charge in [-0.1, -0.05) is 48.0 Å². The molecule has 2 rings (SSSR count). The molecule has 0 aliphatic rings. The number of rotatable bonds is 4. The molecule has 2 aromatic rings. The number of halogens is 1. The van der Waals surface area contributed by atoms with E-state index in [-0.39, 0.29) is 6.04 Å². The highest BCUT2D eigenvalue weighted by Gasteiger charge is 2.11. The number of nitrogens with two attached hydrogens (primary N) is 1. The van der Waals surface area contributed by atoms with Gasteiger partial charge >= 0.3 is 0 Å². The van der Waals surface area contributed by atoms with Gasteiger partial charge in [-0.25, -0.2) is 0 Å². The molecular formula is C15H16ClNO. The third kappa shape index (κ3) is 2.66. The van der Waals surface area contributed by atoms with E-state index < -0.39 is 0 Å². The minimum atomic E-state index is -0.0652. The van der Waals surface area contributed by atoms with Crippen molar-refractivity contribution in [3.63, 3.8) is 0 Å². The molecule has 2 aromatic carbocycles. The third-order valence-electron chi connectivity index (χ3n) is 2.81. The summed E-state index contributed by atoms with van der Waals surface area (Å²) in [5.41, 5.74) is 8.45. The summed E-state index contributed by atoms with van der Waals surface area (Å²) in [6, 6.07) is 12.1. The maximum Gasteiger partial charge on any atom is 0.132 e. The topological polar surface area (TPSA) is 35.2 Å². The van der Waals surface area contributed by atoms with Gasteiger partial charge < -0.3 is 10.5 Å². The number of hydrogen-bond acceptors (Lipinski definition) is 2. The van der Waals surface area contributed by atoms with Gasteiger partial charge in [0.05, 0.1) is 0 Å². The van der Waals surface area contributed by atoms with Crippen LogP contribution in [-0.2, 0) is 0 Å². The van der Waals surface area contributed by atoms with E-state index in [0.717, 1.165) is 22.1 Å². The van der Waals surface area contributed by atoms with Gasteiger partial charge in [-0.05, 0) is 18.4 Å². The van der Waals surface area contributed by atoms with E-state index >= 15 is 0 Å². The molecule has 3 heteroatoms. The summed E-state index contributed by atoms with van der Waals surface area (Å²) < 4.78 is 5.80. The molecule has 0 aliphatic carbocycles. The normalized spacial score (nSPS) is 13.1. The third-order valence-corrected chi connectivity index (χ3v) is 2.99. The number of ether oxygens (including phenoxy) is 1. The van der Waals surface area contributed by atoms with Gasteiger partial charge in [-0.15, -0.1) is 0 Å². The molecule has 0 amide bonds. The smallest absolute Gasteiger partial charge is 0.132 e. The fourth-order valence-corrected chi connectivity index (χ4v) is 2.02. The molecule has 2 nitrogen and oxygen atoms in total. The van der Waals surface area contributed by atoms with Crippen LogP contribution >= 0.6 is 11.6 Å². The van der Waals surface area contributed by atoms with Crippen molar-refractivity contribution < 1.29 is 4.74 Å². The quantitative estimate of drug-likeness (QED) is 0.903. The summed E-state index contributed by atoms with van der Waals surface area (Å²) >= 11 is 5.50. The van der Waals surface area contributed by atoms with Crippen LogP contribution in [0.1, 0.15) is 18.5 Å². The minimum Gasteiger partial charge on any atom is -0.488 e. The van der Waals surface area contributed by atoms with Crippen LogP contribution in [0.15, 0.2) is 48.0 Å². The Morgan fingerprint density at radius 2 is 2.06 bits per heavy atom. The van der Waals surface area contributed by atoms with Crippen molar-refractivity contribution in [1.82, 2.24) is 0 Å². The van der Waals surface area contributed by atoms with Gasteiger partial charge in [0.25, 0.3) is 0 Å². The van der Waals surface area contributed by atoms with Gasteiger partial charge in [-0.3, -0.25) is 0 Å². The van der Waals surface area contributed by atoms with Crippen LogP contribution in [0.3, 0.4) is 0 Å². The van der Waals surface area contributed by atoms with Crippen molar-refractivity contribution >= 4 is 22.4 Å². The van der Waals surface area contributed by atoms with Crippen LogP contribution in [-0.4, -0.2) is 6.61 Å². The zero-order valence-electron chi connectivity index (χ0n) is 10.3. The molecule has 1 atom stereocenters. The Kier molecular flexibility index (Phi) is 4.24. The van der Waals surface area contributed by atoms with E-state index in [4.69, 9.17) is 22.1 Å². The van der Waals surface area contributed by atoms with Crippen LogP contribution in [0.25, 0.3) is 10.8 Å². The highest BCUT2D eigenvalue weighted by Crippen LogP contribution is 2.32. The second-order valence-corrected chi connectivity index (χ2v) is 4.42. The van der Waals surface area contributed by atoms with Crippen molar-refractivity contribution in [3.05, 3.63) is 53.6 Å². The Bertz CT molecular complexity index is 563. The molecule has 0 radical (unpaired) electrons.